The topological polar surface area (TPSA) is 43.1 Å². The van der Waals surface area contributed by atoms with Crippen molar-refractivity contribution in [2.24, 2.45) is 0 Å². The number of nitrogens with zero attached hydrogens (tertiary/aromatic N) is 1. The summed E-state index contributed by atoms with van der Waals surface area (Å²) in [6.07, 6.45) is -4.71. The summed E-state index contributed by atoms with van der Waals surface area (Å²) >= 11 is 2.91. The van der Waals surface area contributed by atoms with Crippen LogP contribution in [0.4, 0.5) is 18.9 Å². The van der Waals surface area contributed by atoms with Crippen molar-refractivity contribution in [1.29, 1.82) is 0 Å². The van der Waals surface area contributed by atoms with Gasteiger partial charge in [-0.25, -0.2) is 0 Å². The van der Waals surface area contributed by atoms with E-state index in [1.54, 1.807) is 0 Å². The van der Waals surface area contributed by atoms with E-state index in [1.165, 1.54) is 6.07 Å². The highest BCUT2D eigenvalue weighted by molar-refractivity contribution is 9.08. The molecule has 0 aliphatic rings. The Labute approximate surface area is 91.2 Å². The van der Waals surface area contributed by atoms with Crippen molar-refractivity contribution >= 4 is 21.6 Å². The standard InChI is InChI=1S/C8H5BrF3NO2/c9-4-5-2-1-3-6(8(10,11)12)7(5)13(14)15/h1-3H,4H2. The molecule has 0 atom stereocenters. The first-order chi connectivity index (χ1) is 6.88. The van der Waals surface area contributed by atoms with Gasteiger partial charge in [-0.3, -0.25) is 10.1 Å². The highest BCUT2D eigenvalue weighted by Crippen LogP contribution is 2.38. The second-order valence-corrected chi connectivity index (χ2v) is 3.26. The van der Waals surface area contributed by atoms with E-state index in [4.69, 9.17) is 0 Å². The first-order valence-corrected chi connectivity index (χ1v) is 4.89. The van der Waals surface area contributed by atoms with Crippen LogP contribution >= 0.6 is 15.9 Å². The highest BCUT2D eigenvalue weighted by Gasteiger charge is 2.39. The van der Waals surface area contributed by atoms with Gasteiger partial charge in [-0.1, -0.05) is 28.1 Å². The second-order valence-electron chi connectivity index (χ2n) is 2.70. The van der Waals surface area contributed by atoms with Crippen LogP contribution in [-0.2, 0) is 11.5 Å². The number of benzene rings is 1. The zero-order valence-electron chi connectivity index (χ0n) is 7.21. The molecule has 3 nitrogen and oxygen atoms in total. The molecular formula is C8H5BrF3NO2. The van der Waals surface area contributed by atoms with E-state index < -0.39 is 22.4 Å². The molecule has 0 fully saturated rings. The summed E-state index contributed by atoms with van der Waals surface area (Å²) < 4.78 is 37.2. The van der Waals surface area contributed by atoms with Crippen molar-refractivity contribution in [2.45, 2.75) is 11.5 Å². The SMILES string of the molecule is O=[N+]([O-])c1c(CBr)cccc1C(F)(F)F. The normalized spacial score (nSPS) is 11.5. The largest absolute Gasteiger partial charge is 0.423 e. The van der Waals surface area contributed by atoms with E-state index in [0.717, 1.165) is 6.07 Å². The van der Waals surface area contributed by atoms with Crippen LogP contribution in [0.15, 0.2) is 18.2 Å². The fraction of sp³-hybridized carbons (Fsp3) is 0.250. The van der Waals surface area contributed by atoms with Crippen molar-refractivity contribution in [2.75, 3.05) is 0 Å². The monoisotopic (exact) mass is 283 g/mol. The van der Waals surface area contributed by atoms with Crippen molar-refractivity contribution in [3.05, 3.63) is 39.4 Å². The summed E-state index contributed by atoms with van der Waals surface area (Å²) in [5, 5.41) is 10.5. The zero-order valence-corrected chi connectivity index (χ0v) is 8.80. The maximum atomic E-state index is 12.4. The summed E-state index contributed by atoms with van der Waals surface area (Å²) in [5.74, 6) is 0. The molecule has 7 heteroatoms. The Balaban J connectivity index is 3.46. The van der Waals surface area contributed by atoms with E-state index in [9.17, 15) is 23.3 Å². The number of alkyl halides is 4. The van der Waals surface area contributed by atoms with Gasteiger partial charge in [0.25, 0.3) is 5.69 Å². The van der Waals surface area contributed by atoms with Gasteiger partial charge in [0.2, 0.25) is 0 Å². The predicted octanol–water partition coefficient (Wildman–Crippen LogP) is 3.51. The Bertz CT molecular complexity index is 392. The average Bonchev–Trinajstić information content (AvgIpc) is 2.15. The minimum absolute atomic E-state index is 0.00718. The molecule has 0 heterocycles. The molecule has 1 aromatic carbocycles. The predicted molar refractivity (Wildman–Crippen MR) is 50.7 cm³/mol. The van der Waals surface area contributed by atoms with E-state index in [2.05, 4.69) is 15.9 Å². The molecule has 1 rings (SSSR count). The van der Waals surface area contributed by atoms with Crippen LogP contribution in [0.2, 0.25) is 0 Å². The van der Waals surface area contributed by atoms with Crippen LogP contribution in [0.3, 0.4) is 0 Å². The van der Waals surface area contributed by atoms with Gasteiger partial charge < -0.3 is 0 Å². The van der Waals surface area contributed by atoms with Crippen LogP contribution < -0.4 is 0 Å². The van der Waals surface area contributed by atoms with Gasteiger partial charge in [-0.2, -0.15) is 13.2 Å². The van der Waals surface area contributed by atoms with Gasteiger partial charge in [0.05, 0.1) is 4.92 Å². The molecule has 1 aromatic rings. The highest BCUT2D eigenvalue weighted by atomic mass is 79.9. The van der Waals surface area contributed by atoms with E-state index in [1.807, 2.05) is 0 Å². The minimum Gasteiger partial charge on any atom is -0.258 e. The number of rotatable bonds is 2. The van der Waals surface area contributed by atoms with Gasteiger partial charge >= 0.3 is 6.18 Å². The lowest BCUT2D eigenvalue weighted by atomic mass is 10.1. The fourth-order valence-corrected chi connectivity index (χ4v) is 1.60. The lowest BCUT2D eigenvalue weighted by molar-refractivity contribution is -0.388. The molecule has 0 saturated heterocycles. The van der Waals surface area contributed by atoms with E-state index in [0.29, 0.717) is 6.07 Å². The van der Waals surface area contributed by atoms with Gasteiger partial charge in [0, 0.05) is 10.9 Å². The Hall–Kier alpha value is -1.11. The molecule has 82 valence electrons. The first-order valence-electron chi connectivity index (χ1n) is 3.77. The number of nitro groups is 1. The van der Waals surface area contributed by atoms with Crippen LogP contribution in [0.1, 0.15) is 11.1 Å². The van der Waals surface area contributed by atoms with E-state index in [-0.39, 0.29) is 10.9 Å². The van der Waals surface area contributed by atoms with Crippen molar-refractivity contribution in [3.63, 3.8) is 0 Å². The number of hydrogen-bond acceptors (Lipinski definition) is 2. The summed E-state index contributed by atoms with van der Waals surface area (Å²) in [6.45, 7) is 0. The molecule has 0 aromatic heterocycles. The smallest absolute Gasteiger partial charge is 0.258 e. The van der Waals surface area contributed by atoms with Crippen LogP contribution in [0.5, 0.6) is 0 Å². The lowest BCUT2D eigenvalue weighted by Crippen LogP contribution is -2.10. The average molecular weight is 284 g/mol. The maximum absolute atomic E-state index is 12.4. The number of nitro benzene ring substituents is 1. The van der Waals surface area contributed by atoms with Crippen LogP contribution in [0, 0.1) is 10.1 Å². The molecule has 0 unspecified atom stereocenters. The Morgan fingerprint density at radius 1 is 1.40 bits per heavy atom. The van der Waals surface area contributed by atoms with E-state index >= 15 is 0 Å². The molecule has 0 aliphatic carbocycles. The fourth-order valence-electron chi connectivity index (χ4n) is 1.14. The molecule has 15 heavy (non-hydrogen) atoms. The quantitative estimate of drug-likeness (QED) is 0.474. The van der Waals surface area contributed by atoms with Crippen LogP contribution in [-0.4, -0.2) is 4.92 Å². The number of para-hydroxylation sites is 1. The summed E-state index contributed by atoms with van der Waals surface area (Å²) in [7, 11) is 0. The molecule has 0 bridgehead atoms. The Morgan fingerprint density at radius 2 is 2.00 bits per heavy atom. The second kappa shape index (κ2) is 4.18. The maximum Gasteiger partial charge on any atom is 0.423 e. The number of halogens is 4. The molecule has 0 aliphatic heterocycles. The van der Waals surface area contributed by atoms with Gasteiger partial charge in [-0.15, -0.1) is 0 Å². The summed E-state index contributed by atoms with van der Waals surface area (Å²) in [5.41, 5.74) is -2.10. The molecule has 0 saturated carbocycles. The molecule has 0 spiro atoms. The lowest BCUT2D eigenvalue weighted by Gasteiger charge is -2.08. The van der Waals surface area contributed by atoms with Gasteiger partial charge in [0.1, 0.15) is 5.56 Å². The molecule has 0 radical (unpaired) electrons. The summed E-state index contributed by atoms with van der Waals surface area (Å²) in [4.78, 5) is 9.52. The van der Waals surface area contributed by atoms with Gasteiger partial charge in [-0.05, 0) is 6.07 Å². The zero-order chi connectivity index (χ0) is 11.6. The van der Waals surface area contributed by atoms with Crippen molar-refractivity contribution in [3.8, 4) is 0 Å². The molecule has 0 amide bonds. The first kappa shape index (κ1) is 12.0. The Morgan fingerprint density at radius 3 is 2.40 bits per heavy atom. The molecule has 0 N–H and O–H groups in total. The third-order valence-corrected chi connectivity index (χ3v) is 2.36. The summed E-state index contributed by atoms with van der Waals surface area (Å²) in [6, 6.07) is 3.12. The molecular weight excluding hydrogens is 279 g/mol. The third kappa shape index (κ3) is 2.47. The van der Waals surface area contributed by atoms with Crippen molar-refractivity contribution in [1.82, 2.24) is 0 Å². The number of hydrogen-bond donors (Lipinski definition) is 0. The van der Waals surface area contributed by atoms with Gasteiger partial charge in [0.15, 0.2) is 0 Å². The third-order valence-electron chi connectivity index (χ3n) is 1.75. The van der Waals surface area contributed by atoms with Crippen LogP contribution in [0.25, 0.3) is 0 Å². The van der Waals surface area contributed by atoms with Crippen molar-refractivity contribution < 1.29 is 18.1 Å². The minimum atomic E-state index is -4.71. The Kier molecular flexibility index (Phi) is 3.33.